The van der Waals surface area contributed by atoms with E-state index in [-0.39, 0.29) is 36.1 Å². The monoisotopic (exact) mass is 605 g/mol. The second-order valence-corrected chi connectivity index (χ2v) is 12.5. The van der Waals surface area contributed by atoms with Crippen LogP contribution >= 0.6 is 0 Å². The Labute approximate surface area is 261 Å². The number of esters is 1. The Morgan fingerprint density at radius 1 is 1.04 bits per heavy atom. The van der Waals surface area contributed by atoms with Gasteiger partial charge in [0.25, 0.3) is 0 Å². The molecule has 4 heterocycles. The Hall–Kier alpha value is -4.73. The molecule has 0 amide bonds. The molecule has 45 heavy (non-hydrogen) atoms. The fraction of sp³-hybridized carbons (Fsp3) is 0.412. The van der Waals surface area contributed by atoms with Gasteiger partial charge in [0.1, 0.15) is 23.8 Å². The molecule has 1 N–H and O–H groups in total. The first kappa shape index (κ1) is 29.0. The highest BCUT2D eigenvalue weighted by molar-refractivity contribution is 5.93. The largest absolute Gasteiger partial charge is 0.474 e. The van der Waals surface area contributed by atoms with Crippen LogP contribution < -0.4 is 10.1 Å². The number of rotatable bonds is 10. The molecule has 1 aliphatic heterocycles. The van der Waals surface area contributed by atoms with Gasteiger partial charge in [-0.3, -0.25) is 0 Å². The molecule has 2 aliphatic carbocycles. The van der Waals surface area contributed by atoms with Gasteiger partial charge in [-0.05, 0) is 72.9 Å². The van der Waals surface area contributed by atoms with E-state index in [0.717, 1.165) is 47.6 Å². The SMILES string of the molecule is C[C@@H]1OC(=O)c2ccc(Nc3cc4c(C(C)(N=[N+]=[N-])C5CC5)cnc(OC5CC(OCc6ccccc6)C5)c4cn3)nc2[C@H]1C. The molecule has 3 atom stereocenters. The van der Waals surface area contributed by atoms with Gasteiger partial charge in [-0.25, -0.2) is 19.7 Å². The van der Waals surface area contributed by atoms with E-state index in [9.17, 15) is 10.3 Å². The number of hydrogen-bond acceptors (Lipinski definition) is 9. The van der Waals surface area contributed by atoms with E-state index in [4.69, 9.17) is 29.2 Å². The highest BCUT2D eigenvalue weighted by atomic mass is 16.5. The summed E-state index contributed by atoms with van der Waals surface area (Å²) in [5, 5.41) is 9.19. The number of cyclic esters (lactones) is 1. The van der Waals surface area contributed by atoms with Crippen LogP contribution in [0.5, 0.6) is 5.88 Å². The number of ether oxygens (including phenoxy) is 3. The van der Waals surface area contributed by atoms with Crippen molar-refractivity contribution >= 4 is 28.4 Å². The first-order chi connectivity index (χ1) is 21.8. The number of hydrogen-bond donors (Lipinski definition) is 1. The summed E-state index contributed by atoms with van der Waals surface area (Å²) >= 11 is 0. The van der Waals surface area contributed by atoms with E-state index in [2.05, 4.69) is 27.5 Å². The number of fused-ring (bicyclic) bond motifs is 2. The minimum atomic E-state index is -0.764. The van der Waals surface area contributed by atoms with Crippen LogP contribution in [0.4, 0.5) is 11.6 Å². The average molecular weight is 606 g/mol. The second kappa shape index (κ2) is 11.6. The number of azide groups is 1. The van der Waals surface area contributed by atoms with Crippen molar-refractivity contribution < 1.29 is 19.0 Å². The summed E-state index contributed by atoms with van der Waals surface area (Å²) in [5.41, 5.74) is 11.9. The number of aromatic nitrogens is 3. The van der Waals surface area contributed by atoms with Crippen LogP contribution in [0.3, 0.4) is 0 Å². The van der Waals surface area contributed by atoms with Crippen molar-refractivity contribution in [1.29, 1.82) is 0 Å². The van der Waals surface area contributed by atoms with Gasteiger partial charge in [-0.15, -0.1) is 0 Å². The predicted molar refractivity (Wildman–Crippen MR) is 168 cm³/mol. The third kappa shape index (κ3) is 5.65. The second-order valence-electron chi connectivity index (χ2n) is 12.5. The highest BCUT2D eigenvalue weighted by Gasteiger charge is 2.44. The molecule has 7 rings (SSSR count). The molecule has 11 heteroatoms. The molecule has 0 radical (unpaired) electrons. The zero-order chi connectivity index (χ0) is 31.1. The van der Waals surface area contributed by atoms with E-state index >= 15 is 0 Å². The van der Waals surface area contributed by atoms with Crippen molar-refractivity contribution in [3.8, 4) is 5.88 Å². The molecule has 2 saturated carbocycles. The van der Waals surface area contributed by atoms with Crippen LogP contribution in [0, 0.1) is 5.92 Å². The van der Waals surface area contributed by atoms with Gasteiger partial charge >= 0.3 is 5.97 Å². The Bertz CT molecular complexity index is 1800. The molecule has 0 bridgehead atoms. The van der Waals surface area contributed by atoms with Gasteiger partial charge in [0.05, 0.1) is 34.9 Å². The maximum Gasteiger partial charge on any atom is 0.340 e. The quantitative estimate of drug-likeness (QED) is 0.0847. The normalized spacial score (nSPS) is 23.6. The lowest BCUT2D eigenvalue weighted by molar-refractivity contribution is -0.0690. The Balaban J connectivity index is 1.16. The van der Waals surface area contributed by atoms with Gasteiger partial charge < -0.3 is 19.5 Å². The van der Waals surface area contributed by atoms with Crippen molar-refractivity contribution in [1.82, 2.24) is 15.0 Å². The number of pyridine rings is 3. The molecule has 1 aromatic carbocycles. The van der Waals surface area contributed by atoms with Crippen molar-refractivity contribution in [2.24, 2.45) is 11.0 Å². The molecule has 230 valence electrons. The average Bonchev–Trinajstić information content (AvgIpc) is 3.88. The molecule has 2 fully saturated rings. The summed E-state index contributed by atoms with van der Waals surface area (Å²) in [4.78, 5) is 29.8. The molecule has 3 aliphatic rings. The predicted octanol–water partition coefficient (Wildman–Crippen LogP) is 7.49. The summed E-state index contributed by atoms with van der Waals surface area (Å²) in [6.07, 6.45) is 6.89. The van der Waals surface area contributed by atoms with Crippen LogP contribution in [0.2, 0.25) is 0 Å². The third-order valence-electron chi connectivity index (χ3n) is 9.39. The van der Waals surface area contributed by atoms with Crippen LogP contribution in [0.15, 0.2) is 66.0 Å². The lowest BCUT2D eigenvalue weighted by Gasteiger charge is -2.35. The lowest BCUT2D eigenvalue weighted by atomic mass is 9.86. The lowest BCUT2D eigenvalue weighted by Crippen LogP contribution is -2.39. The topological polar surface area (TPSA) is 144 Å². The van der Waals surface area contributed by atoms with E-state index in [1.165, 1.54) is 0 Å². The zero-order valence-corrected chi connectivity index (χ0v) is 25.5. The number of benzene rings is 1. The summed E-state index contributed by atoms with van der Waals surface area (Å²) in [5.74, 6) is 1.45. The van der Waals surface area contributed by atoms with Gasteiger partial charge in [0, 0.05) is 36.1 Å². The Morgan fingerprint density at radius 2 is 1.84 bits per heavy atom. The molecule has 4 aromatic rings. The van der Waals surface area contributed by atoms with Gasteiger partial charge in [-0.1, -0.05) is 42.4 Å². The van der Waals surface area contributed by atoms with E-state index in [0.29, 0.717) is 35.4 Å². The van der Waals surface area contributed by atoms with Crippen LogP contribution in [0.1, 0.15) is 79.6 Å². The summed E-state index contributed by atoms with van der Waals surface area (Å²) in [7, 11) is 0. The number of carbonyl (C=O) groups is 1. The maximum absolute atomic E-state index is 12.4. The number of nitrogens with zero attached hydrogens (tertiary/aromatic N) is 6. The van der Waals surface area contributed by atoms with Crippen LogP contribution in [-0.4, -0.2) is 39.2 Å². The molecule has 11 nitrogen and oxygen atoms in total. The Kier molecular flexibility index (Phi) is 7.51. The van der Waals surface area contributed by atoms with E-state index < -0.39 is 5.54 Å². The first-order valence-electron chi connectivity index (χ1n) is 15.5. The molecule has 0 saturated heterocycles. The van der Waals surface area contributed by atoms with Gasteiger partial charge in [0.2, 0.25) is 5.88 Å². The molecular formula is C34H35N7O4. The van der Waals surface area contributed by atoms with Crippen LogP contribution in [-0.2, 0) is 21.6 Å². The summed E-state index contributed by atoms with van der Waals surface area (Å²) in [6, 6.07) is 15.6. The van der Waals surface area contributed by atoms with Crippen molar-refractivity contribution in [2.45, 2.75) is 82.8 Å². The number of nitrogens with one attached hydrogen (secondary N) is 1. The fourth-order valence-corrected chi connectivity index (χ4v) is 6.22. The van der Waals surface area contributed by atoms with Crippen molar-refractivity contribution in [2.75, 3.05) is 5.32 Å². The molecule has 3 aromatic heterocycles. The van der Waals surface area contributed by atoms with Crippen molar-refractivity contribution in [3.63, 3.8) is 0 Å². The van der Waals surface area contributed by atoms with Gasteiger partial charge in [-0.2, -0.15) is 0 Å². The first-order valence-corrected chi connectivity index (χ1v) is 15.5. The minimum Gasteiger partial charge on any atom is -0.474 e. The standard InChI is InChI=1S/C34H35N7O4/c1-19-20(2)44-33(42)25-11-12-29(39-31(19)25)38-30-15-26-27(16-36-30)32(37-17-28(26)34(3,40-41-35)22-9-10-22)45-24-13-23(14-24)43-18-21-7-5-4-6-8-21/h4-8,11-12,15-17,19-20,22-24H,9-10,13-14,18H2,1-3H3,(H,36,38,39)/t19-,20-,23?,24?,34?/m0/s1. The van der Waals surface area contributed by atoms with Gasteiger partial charge in [0.15, 0.2) is 0 Å². The zero-order valence-electron chi connectivity index (χ0n) is 25.5. The maximum atomic E-state index is 12.4. The minimum absolute atomic E-state index is 0.0205. The third-order valence-corrected chi connectivity index (χ3v) is 9.39. The van der Waals surface area contributed by atoms with Crippen LogP contribution in [0.25, 0.3) is 21.2 Å². The fourth-order valence-electron chi connectivity index (χ4n) is 6.22. The van der Waals surface area contributed by atoms with Crippen molar-refractivity contribution in [3.05, 3.63) is 93.8 Å². The smallest absolute Gasteiger partial charge is 0.340 e. The van der Waals surface area contributed by atoms with E-state index in [1.807, 2.05) is 45.0 Å². The molecule has 0 spiro atoms. The Morgan fingerprint density at radius 3 is 2.60 bits per heavy atom. The molecule has 1 unspecified atom stereocenters. The summed E-state index contributed by atoms with van der Waals surface area (Å²) < 4.78 is 17.9. The number of carbonyl (C=O) groups excluding carboxylic acids is 1. The molecular weight excluding hydrogens is 570 g/mol. The van der Waals surface area contributed by atoms with E-state index in [1.54, 1.807) is 24.5 Å². The summed E-state index contributed by atoms with van der Waals surface area (Å²) in [6.45, 7) is 6.42. The highest BCUT2D eigenvalue weighted by Crippen LogP contribution is 2.50. The number of anilines is 2.